The number of rotatable bonds is 10. The van der Waals surface area contributed by atoms with Gasteiger partial charge in [0.15, 0.2) is 0 Å². The predicted molar refractivity (Wildman–Crippen MR) is 152 cm³/mol. The van der Waals surface area contributed by atoms with Crippen molar-refractivity contribution in [3.05, 3.63) is 64.5 Å². The lowest BCUT2D eigenvalue weighted by Gasteiger charge is -2.36. The average Bonchev–Trinajstić information content (AvgIpc) is 3.41. The van der Waals surface area contributed by atoms with Crippen molar-refractivity contribution in [2.24, 2.45) is 0 Å². The van der Waals surface area contributed by atoms with Gasteiger partial charge in [0.1, 0.15) is 22.9 Å². The van der Waals surface area contributed by atoms with Crippen LogP contribution in [0, 0.1) is 5.82 Å². The van der Waals surface area contributed by atoms with Gasteiger partial charge in [0.25, 0.3) is 0 Å². The van der Waals surface area contributed by atoms with Gasteiger partial charge in [0.05, 0.1) is 18.8 Å². The molecule has 1 aliphatic carbocycles. The van der Waals surface area contributed by atoms with Crippen molar-refractivity contribution in [1.82, 2.24) is 4.90 Å². The number of carbonyl (C=O) groups is 1. The normalized spacial score (nSPS) is 19.3. The van der Waals surface area contributed by atoms with E-state index in [1.54, 1.807) is 6.07 Å². The summed E-state index contributed by atoms with van der Waals surface area (Å²) >= 11 is 0. The van der Waals surface area contributed by atoms with Gasteiger partial charge >= 0.3 is 5.97 Å². The SMILES string of the molecule is CC(CCCc1ccccc1F)c1cc(OC(=O)CCCN2CCOCC2)c2c(c1)OC(C)(C)C1=C2CCC1. The Balaban J connectivity index is 1.32. The van der Waals surface area contributed by atoms with Gasteiger partial charge in [-0.2, -0.15) is 0 Å². The Kier molecular flexibility index (Phi) is 8.73. The minimum Gasteiger partial charge on any atom is -0.483 e. The zero-order valence-electron chi connectivity index (χ0n) is 23.7. The van der Waals surface area contributed by atoms with Crippen LogP contribution in [0.3, 0.4) is 0 Å². The lowest BCUT2D eigenvalue weighted by atomic mass is 9.85. The highest BCUT2D eigenvalue weighted by atomic mass is 19.1. The average molecular weight is 536 g/mol. The Labute approximate surface area is 232 Å². The number of allylic oxidation sites excluding steroid dienone is 1. The van der Waals surface area contributed by atoms with Crippen LogP contribution in [0.2, 0.25) is 0 Å². The maximum absolute atomic E-state index is 14.1. The standard InChI is InChI=1S/C33H42FNO4/c1-23(9-6-11-24-10-4-5-14-28(24)34)25-21-29(38-31(36)15-8-16-35-17-19-37-20-18-35)32-26-12-7-13-27(26)33(2,3)39-30(32)22-25/h4-5,10,14,21-23H,6-9,11-13,15-20H2,1-3H3. The van der Waals surface area contributed by atoms with Gasteiger partial charge in [-0.15, -0.1) is 0 Å². The van der Waals surface area contributed by atoms with Gasteiger partial charge < -0.3 is 14.2 Å². The summed E-state index contributed by atoms with van der Waals surface area (Å²) in [4.78, 5) is 15.4. The first-order chi connectivity index (χ1) is 18.8. The third-order valence-electron chi connectivity index (χ3n) is 8.49. The molecule has 0 bridgehead atoms. The van der Waals surface area contributed by atoms with E-state index in [-0.39, 0.29) is 23.3 Å². The number of morpholine rings is 1. The second-order valence-electron chi connectivity index (χ2n) is 11.7. The molecule has 1 saturated heterocycles. The number of nitrogens with zero attached hydrogens (tertiary/aromatic N) is 1. The summed E-state index contributed by atoms with van der Waals surface area (Å²) < 4.78 is 32.2. The number of esters is 1. The van der Waals surface area contributed by atoms with Gasteiger partial charge in [0.2, 0.25) is 0 Å². The van der Waals surface area contributed by atoms with Gasteiger partial charge in [0, 0.05) is 19.5 Å². The maximum atomic E-state index is 14.1. The van der Waals surface area contributed by atoms with Crippen LogP contribution in [0.15, 0.2) is 42.0 Å². The Hall–Kier alpha value is -2.70. The monoisotopic (exact) mass is 535 g/mol. The molecule has 0 amide bonds. The highest BCUT2D eigenvalue weighted by molar-refractivity contribution is 5.84. The molecule has 2 heterocycles. The molecule has 2 aliphatic heterocycles. The van der Waals surface area contributed by atoms with Crippen LogP contribution in [0.4, 0.5) is 4.39 Å². The van der Waals surface area contributed by atoms with E-state index in [0.29, 0.717) is 18.6 Å². The number of ether oxygens (including phenoxy) is 3. The Morgan fingerprint density at radius 3 is 2.72 bits per heavy atom. The summed E-state index contributed by atoms with van der Waals surface area (Å²) in [6, 6.07) is 11.2. The summed E-state index contributed by atoms with van der Waals surface area (Å²) in [6.45, 7) is 10.7. The van der Waals surface area contributed by atoms with E-state index >= 15 is 0 Å². The van der Waals surface area contributed by atoms with Crippen LogP contribution in [-0.4, -0.2) is 49.3 Å². The summed E-state index contributed by atoms with van der Waals surface area (Å²) in [5, 5.41) is 0. The predicted octanol–water partition coefficient (Wildman–Crippen LogP) is 7.08. The first-order valence-corrected chi connectivity index (χ1v) is 14.7. The Morgan fingerprint density at radius 2 is 1.92 bits per heavy atom. The number of fused-ring (bicyclic) bond motifs is 2. The van der Waals surface area contributed by atoms with Crippen LogP contribution in [0.5, 0.6) is 11.5 Å². The molecule has 6 heteroatoms. The number of carbonyl (C=O) groups excluding carboxylic acids is 1. The largest absolute Gasteiger partial charge is 0.483 e. The van der Waals surface area contributed by atoms with E-state index in [9.17, 15) is 9.18 Å². The molecule has 2 aromatic carbocycles. The molecule has 2 aromatic rings. The Morgan fingerprint density at radius 1 is 1.13 bits per heavy atom. The number of aryl methyl sites for hydroxylation is 1. The molecular formula is C33H42FNO4. The molecule has 1 atom stereocenters. The molecule has 3 aliphatic rings. The summed E-state index contributed by atoms with van der Waals surface area (Å²) in [6.07, 6.45) is 6.72. The zero-order chi connectivity index (χ0) is 27.4. The number of hydrogen-bond acceptors (Lipinski definition) is 5. The van der Waals surface area contributed by atoms with Crippen molar-refractivity contribution in [2.75, 3.05) is 32.8 Å². The number of hydrogen-bond donors (Lipinski definition) is 0. The third-order valence-corrected chi connectivity index (χ3v) is 8.49. The smallest absolute Gasteiger partial charge is 0.311 e. The highest BCUT2D eigenvalue weighted by Crippen LogP contribution is 2.52. The second-order valence-corrected chi connectivity index (χ2v) is 11.7. The van der Waals surface area contributed by atoms with Crippen molar-refractivity contribution in [3.8, 4) is 11.5 Å². The first kappa shape index (κ1) is 27.9. The molecule has 0 N–H and O–H groups in total. The van der Waals surface area contributed by atoms with E-state index in [0.717, 1.165) is 93.8 Å². The van der Waals surface area contributed by atoms with Crippen molar-refractivity contribution in [3.63, 3.8) is 0 Å². The number of halogens is 1. The quantitative estimate of drug-likeness (QED) is 0.240. The van der Waals surface area contributed by atoms with Crippen molar-refractivity contribution in [2.45, 2.75) is 83.7 Å². The fourth-order valence-electron chi connectivity index (χ4n) is 6.29. The van der Waals surface area contributed by atoms with Crippen molar-refractivity contribution < 1.29 is 23.4 Å². The van der Waals surface area contributed by atoms with Crippen molar-refractivity contribution in [1.29, 1.82) is 0 Å². The zero-order valence-corrected chi connectivity index (χ0v) is 23.7. The fraction of sp³-hybridized carbons (Fsp3) is 0.545. The summed E-state index contributed by atoms with van der Waals surface area (Å²) in [5.41, 5.74) is 5.06. The summed E-state index contributed by atoms with van der Waals surface area (Å²) in [7, 11) is 0. The topological polar surface area (TPSA) is 48.0 Å². The van der Waals surface area contributed by atoms with Gasteiger partial charge in [-0.1, -0.05) is 25.1 Å². The van der Waals surface area contributed by atoms with Crippen LogP contribution in [0.1, 0.15) is 88.3 Å². The van der Waals surface area contributed by atoms with Gasteiger partial charge in [-0.3, -0.25) is 9.69 Å². The molecule has 210 valence electrons. The molecule has 5 nitrogen and oxygen atoms in total. The lowest BCUT2D eigenvalue weighted by molar-refractivity contribution is -0.134. The minimum atomic E-state index is -0.370. The highest BCUT2D eigenvalue weighted by Gasteiger charge is 2.39. The summed E-state index contributed by atoms with van der Waals surface area (Å²) in [5.74, 6) is 1.32. The van der Waals surface area contributed by atoms with Crippen LogP contribution in [0.25, 0.3) is 5.57 Å². The molecular weight excluding hydrogens is 493 g/mol. The van der Waals surface area contributed by atoms with Gasteiger partial charge in [-0.05, 0) is 112 Å². The van der Waals surface area contributed by atoms with Crippen molar-refractivity contribution >= 4 is 11.5 Å². The molecule has 0 radical (unpaired) electrons. The molecule has 0 saturated carbocycles. The Bertz CT molecular complexity index is 1210. The minimum absolute atomic E-state index is 0.141. The molecule has 0 aromatic heterocycles. The van der Waals surface area contributed by atoms with E-state index in [4.69, 9.17) is 14.2 Å². The van der Waals surface area contributed by atoms with E-state index in [2.05, 4.69) is 37.8 Å². The maximum Gasteiger partial charge on any atom is 0.311 e. The number of benzene rings is 2. The molecule has 1 unspecified atom stereocenters. The molecule has 1 fully saturated rings. The molecule has 5 rings (SSSR count). The third kappa shape index (κ3) is 6.55. The molecule has 39 heavy (non-hydrogen) atoms. The van der Waals surface area contributed by atoms with E-state index in [1.807, 2.05) is 12.1 Å². The lowest BCUT2D eigenvalue weighted by Crippen LogP contribution is -2.37. The van der Waals surface area contributed by atoms with Crippen LogP contribution >= 0.6 is 0 Å². The fourth-order valence-corrected chi connectivity index (χ4v) is 6.29. The molecule has 0 spiro atoms. The van der Waals surface area contributed by atoms with Crippen LogP contribution in [-0.2, 0) is 16.0 Å². The van der Waals surface area contributed by atoms with E-state index < -0.39 is 0 Å². The van der Waals surface area contributed by atoms with E-state index in [1.165, 1.54) is 17.2 Å². The second kappa shape index (κ2) is 12.2. The first-order valence-electron chi connectivity index (χ1n) is 14.7. The van der Waals surface area contributed by atoms with Crippen LogP contribution < -0.4 is 9.47 Å². The van der Waals surface area contributed by atoms with Gasteiger partial charge in [-0.25, -0.2) is 4.39 Å².